The van der Waals surface area contributed by atoms with Crippen molar-refractivity contribution in [1.29, 1.82) is 0 Å². The number of aliphatic carboxylic acids is 1. The quantitative estimate of drug-likeness (QED) is 0.732. The average Bonchev–Trinajstić information content (AvgIpc) is 2.38. The number of carboxylic acid groups (broad SMARTS) is 1. The van der Waals surface area contributed by atoms with Gasteiger partial charge in [-0.25, -0.2) is 4.79 Å². The van der Waals surface area contributed by atoms with Crippen molar-refractivity contribution in [3.8, 4) is 0 Å². The lowest BCUT2D eigenvalue weighted by Crippen LogP contribution is -2.19. The third-order valence-electron chi connectivity index (χ3n) is 2.72. The number of ether oxygens (including phenoxy) is 1. The lowest BCUT2D eigenvalue weighted by atomic mass is 10.0. The molecule has 2 unspecified atom stereocenters. The summed E-state index contributed by atoms with van der Waals surface area (Å²) in [6.07, 6.45) is 0.429. The zero-order valence-electron chi connectivity index (χ0n) is 11.2. The standard InChI is InChI=1S/C14H19NO4/c1-10(2)19-13(11-6-4-3-5-7-11)9-8-12(15-18)14(16)17/h3-7,10,12-13H,8-9H2,1-2H3,(H,16,17). The first-order chi connectivity index (χ1) is 9.04. The normalized spacial score (nSPS) is 14.1. The minimum absolute atomic E-state index is 0.0256. The highest BCUT2D eigenvalue weighted by atomic mass is 16.5. The van der Waals surface area contributed by atoms with Gasteiger partial charge in [0.1, 0.15) is 0 Å². The molecule has 104 valence electrons. The number of hydrogen-bond acceptors (Lipinski definition) is 4. The van der Waals surface area contributed by atoms with Gasteiger partial charge >= 0.3 is 5.97 Å². The molecular weight excluding hydrogens is 246 g/mol. The Morgan fingerprint density at radius 2 is 1.89 bits per heavy atom. The second-order valence-electron chi connectivity index (χ2n) is 4.62. The molecule has 0 bridgehead atoms. The van der Waals surface area contributed by atoms with Gasteiger partial charge in [0.05, 0.1) is 12.2 Å². The SMILES string of the molecule is CC(C)OC(CCC(N=O)C(=O)O)c1ccccc1. The van der Waals surface area contributed by atoms with Gasteiger partial charge in [-0.1, -0.05) is 35.5 Å². The molecule has 1 rings (SSSR count). The Bertz CT molecular complexity index is 405. The van der Waals surface area contributed by atoms with Gasteiger partial charge in [-0.2, -0.15) is 0 Å². The highest BCUT2D eigenvalue weighted by molar-refractivity contribution is 5.73. The average molecular weight is 265 g/mol. The highest BCUT2D eigenvalue weighted by Crippen LogP contribution is 2.25. The van der Waals surface area contributed by atoms with Crippen LogP contribution in [-0.2, 0) is 9.53 Å². The number of carbonyl (C=O) groups is 1. The largest absolute Gasteiger partial charge is 0.480 e. The van der Waals surface area contributed by atoms with E-state index >= 15 is 0 Å². The molecule has 0 amide bonds. The minimum atomic E-state index is -1.21. The summed E-state index contributed by atoms with van der Waals surface area (Å²) in [6, 6.07) is 8.36. The molecule has 1 aromatic carbocycles. The van der Waals surface area contributed by atoms with Gasteiger partial charge in [0.25, 0.3) is 0 Å². The van der Waals surface area contributed by atoms with Crippen molar-refractivity contribution in [1.82, 2.24) is 0 Å². The van der Waals surface area contributed by atoms with Crippen molar-refractivity contribution in [3.63, 3.8) is 0 Å². The summed E-state index contributed by atoms with van der Waals surface area (Å²) in [7, 11) is 0. The fourth-order valence-corrected chi connectivity index (χ4v) is 1.84. The van der Waals surface area contributed by atoms with E-state index in [-0.39, 0.29) is 18.6 Å². The van der Waals surface area contributed by atoms with Gasteiger partial charge in [-0.3, -0.25) is 0 Å². The number of nitrogens with zero attached hydrogens (tertiary/aromatic N) is 1. The van der Waals surface area contributed by atoms with Crippen LogP contribution >= 0.6 is 0 Å². The summed E-state index contributed by atoms with van der Waals surface area (Å²) < 4.78 is 5.77. The zero-order chi connectivity index (χ0) is 14.3. The molecule has 0 fully saturated rings. The summed E-state index contributed by atoms with van der Waals surface area (Å²) in [4.78, 5) is 21.2. The highest BCUT2D eigenvalue weighted by Gasteiger charge is 2.21. The monoisotopic (exact) mass is 265 g/mol. The van der Waals surface area contributed by atoms with Crippen LogP contribution in [0.15, 0.2) is 35.5 Å². The fourth-order valence-electron chi connectivity index (χ4n) is 1.84. The van der Waals surface area contributed by atoms with E-state index in [1.54, 1.807) is 0 Å². The van der Waals surface area contributed by atoms with E-state index < -0.39 is 12.0 Å². The Morgan fingerprint density at radius 1 is 1.26 bits per heavy atom. The summed E-state index contributed by atoms with van der Waals surface area (Å²) in [5.74, 6) is -1.19. The van der Waals surface area contributed by atoms with Crippen LogP contribution in [0.3, 0.4) is 0 Å². The van der Waals surface area contributed by atoms with Crippen molar-refractivity contribution < 1.29 is 14.6 Å². The van der Waals surface area contributed by atoms with Crippen LogP contribution in [0.25, 0.3) is 0 Å². The zero-order valence-corrected chi connectivity index (χ0v) is 11.2. The van der Waals surface area contributed by atoms with E-state index in [1.165, 1.54) is 0 Å². The molecule has 0 radical (unpaired) electrons. The number of hydrogen-bond donors (Lipinski definition) is 1. The van der Waals surface area contributed by atoms with Crippen molar-refractivity contribution in [2.24, 2.45) is 5.18 Å². The van der Waals surface area contributed by atoms with Crippen LogP contribution in [-0.4, -0.2) is 23.2 Å². The van der Waals surface area contributed by atoms with E-state index in [4.69, 9.17) is 9.84 Å². The molecule has 0 aliphatic carbocycles. The number of nitroso groups, excluding NO2 is 1. The molecule has 0 aliphatic heterocycles. The maximum atomic E-state index is 10.8. The van der Waals surface area contributed by atoms with Crippen molar-refractivity contribution in [3.05, 3.63) is 40.8 Å². The number of benzene rings is 1. The van der Waals surface area contributed by atoms with Crippen LogP contribution in [0.2, 0.25) is 0 Å². The number of rotatable bonds is 8. The van der Waals surface area contributed by atoms with E-state index in [0.29, 0.717) is 6.42 Å². The first-order valence-corrected chi connectivity index (χ1v) is 6.30. The third kappa shape index (κ3) is 5.18. The molecule has 0 spiro atoms. The Kier molecular flexibility index (Phi) is 6.15. The third-order valence-corrected chi connectivity index (χ3v) is 2.72. The summed E-state index contributed by atoms with van der Waals surface area (Å²) in [5, 5.41) is 11.4. The molecular formula is C14H19NO4. The smallest absolute Gasteiger partial charge is 0.332 e. The molecule has 0 heterocycles. The lowest BCUT2D eigenvalue weighted by molar-refractivity contribution is -0.138. The van der Waals surface area contributed by atoms with E-state index in [1.807, 2.05) is 44.2 Å². The predicted octanol–water partition coefficient (Wildman–Crippen LogP) is 3.15. The van der Waals surface area contributed by atoms with E-state index in [9.17, 15) is 9.70 Å². The number of carboxylic acids is 1. The molecule has 19 heavy (non-hydrogen) atoms. The molecule has 5 heteroatoms. The summed E-state index contributed by atoms with van der Waals surface area (Å²) >= 11 is 0. The molecule has 0 aliphatic rings. The van der Waals surface area contributed by atoms with E-state index in [0.717, 1.165) is 5.56 Å². The molecule has 1 aromatic rings. The topological polar surface area (TPSA) is 76.0 Å². The molecule has 0 saturated carbocycles. The van der Waals surface area contributed by atoms with Crippen LogP contribution in [0.4, 0.5) is 0 Å². The maximum Gasteiger partial charge on any atom is 0.332 e. The van der Waals surface area contributed by atoms with Crippen molar-refractivity contribution >= 4 is 5.97 Å². The molecule has 2 atom stereocenters. The first-order valence-electron chi connectivity index (χ1n) is 6.30. The van der Waals surface area contributed by atoms with Crippen LogP contribution in [0.1, 0.15) is 38.4 Å². The van der Waals surface area contributed by atoms with Crippen LogP contribution in [0, 0.1) is 4.91 Å². The Morgan fingerprint density at radius 3 is 2.37 bits per heavy atom. The Balaban J connectivity index is 2.70. The fraction of sp³-hybridized carbons (Fsp3) is 0.500. The molecule has 0 aromatic heterocycles. The summed E-state index contributed by atoms with van der Waals surface area (Å²) in [5.41, 5.74) is 0.978. The molecule has 0 saturated heterocycles. The van der Waals surface area contributed by atoms with Gasteiger partial charge in [0, 0.05) is 0 Å². The lowest BCUT2D eigenvalue weighted by Gasteiger charge is -2.21. The molecule has 1 N–H and O–H groups in total. The van der Waals surface area contributed by atoms with Gasteiger partial charge in [-0.15, -0.1) is 4.91 Å². The summed E-state index contributed by atoms with van der Waals surface area (Å²) in [6.45, 7) is 3.84. The van der Waals surface area contributed by atoms with E-state index in [2.05, 4.69) is 5.18 Å². The minimum Gasteiger partial charge on any atom is -0.480 e. The second-order valence-corrected chi connectivity index (χ2v) is 4.62. The predicted molar refractivity (Wildman–Crippen MR) is 71.9 cm³/mol. The van der Waals surface area contributed by atoms with Gasteiger partial charge in [0.2, 0.25) is 0 Å². The maximum absolute atomic E-state index is 10.8. The van der Waals surface area contributed by atoms with Gasteiger partial charge in [-0.05, 0) is 32.3 Å². The van der Waals surface area contributed by atoms with Crippen LogP contribution < -0.4 is 0 Å². The van der Waals surface area contributed by atoms with Crippen LogP contribution in [0.5, 0.6) is 0 Å². The second kappa shape index (κ2) is 7.63. The first kappa shape index (κ1) is 15.3. The Labute approximate surface area is 112 Å². The van der Waals surface area contributed by atoms with Gasteiger partial charge in [0.15, 0.2) is 6.04 Å². The van der Waals surface area contributed by atoms with Gasteiger partial charge < -0.3 is 9.84 Å². The van der Waals surface area contributed by atoms with Crippen molar-refractivity contribution in [2.45, 2.75) is 44.9 Å². The Hall–Kier alpha value is -1.75. The molecule has 5 nitrogen and oxygen atoms in total. The van der Waals surface area contributed by atoms with Crippen molar-refractivity contribution in [2.75, 3.05) is 0 Å².